The van der Waals surface area contributed by atoms with Gasteiger partial charge in [-0.2, -0.15) is 0 Å². The smallest absolute Gasteiger partial charge is 0.0548 e. The first-order valence-corrected chi connectivity index (χ1v) is 7.47. The molecule has 1 heterocycles. The molecule has 1 N–H and O–H groups in total. The van der Waals surface area contributed by atoms with E-state index in [2.05, 4.69) is 59.6 Å². The Morgan fingerprint density at radius 2 is 2.05 bits per heavy atom. The monoisotopic (exact) mass is 258 g/mol. The number of benzene rings is 2. The molecule has 2 unspecified atom stereocenters. The minimum atomic E-state index is 0.274. The van der Waals surface area contributed by atoms with E-state index >= 15 is 0 Å². The van der Waals surface area contributed by atoms with Crippen molar-refractivity contribution in [3.63, 3.8) is 0 Å². The number of H-pyrrole nitrogens is 1. The quantitative estimate of drug-likeness (QED) is 0.607. The lowest BCUT2D eigenvalue weighted by molar-refractivity contribution is 0.567. The summed E-state index contributed by atoms with van der Waals surface area (Å²) in [6, 6.07) is 16.7. The second-order valence-electron chi connectivity index (χ2n) is 6.35. The molecule has 2 atom stereocenters. The van der Waals surface area contributed by atoms with Gasteiger partial charge in [0.05, 0.1) is 5.52 Å². The van der Waals surface area contributed by atoms with Gasteiger partial charge >= 0.3 is 0 Å². The minimum absolute atomic E-state index is 0.274. The third kappa shape index (κ3) is 1.28. The number of rotatable bonds is 1. The van der Waals surface area contributed by atoms with Crippen LogP contribution in [-0.4, -0.2) is 4.98 Å². The number of hydrogen-bond acceptors (Lipinski definition) is 0. The first kappa shape index (κ1) is 10.7. The summed E-state index contributed by atoms with van der Waals surface area (Å²) in [6.07, 6.45) is 8.76. The van der Waals surface area contributed by atoms with Gasteiger partial charge in [-0.1, -0.05) is 42.5 Å². The molecule has 5 rings (SSSR count). The zero-order valence-electron chi connectivity index (χ0n) is 11.3. The molecule has 0 aliphatic heterocycles. The van der Waals surface area contributed by atoms with Crippen LogP contribution in [0.3, 0.4) is 0 Å². The Bertz CT molecular complexity index is 854. The summed E-state index contributed by atoms with van der Waals surface area (Å²) < 4.78 is 0. The van der Waals surface area contributed by atoms with Gasteiger partial charge in [0.1, 0.15) is 0 Å². The van der Waals surface area contributed by atoms with Crippen molar-refractivity contribution in [1.82, 2.24) is 4.98 Å². The zero-order chi connectivity index (χ0) is 13.2. The third-order valence-electron chi connectivity index (χ3n) is 5.23. The molecule has 0 spiro atoms. The normalized spacial score (nSPS) is 27.9. The molecule has 0 saturated heterocycles. The van der Waals surface area contributed by atoms with Gasteiger partial charge in [0, 0.05) is 27.8 Å². The molecule has 3 aromatic rings. The molecule has 1 aromatic heterocycles. The summed E-state index contributed by atoms with van der Waals surface area (Å²) in [5.41, 5.74) is 4.00. The highest BCUT2D eigenvalue weighted by Gasteiger charge is 2.42. The number of fused-ring (bicyclic) bond motifs is 5. The van der Waals surface area contributed by atoms with Gasteiger partial charge in [0.2, 0.25) is 0 Å². The third-order valence-corrected chi connectivity index (χ3v) is 5.23. The molecule has 97 valence electrons. The highest BCUT2D eigenvalue weighted by atomic mass is 14.7. The molecule has 1 radical (unpaired) electrons. The number of aromatic amines is 1. The number of allylic oxidation sites excluding steroid dienone is 2. The van der Waals surface area contributed by atoms with Gasteiger partial charge in [-0.15, -0.1) is 0 Å². The van der Waals surface area contributed by atoms with Crippen molar-refractivity contribution >= 4 is 21.8 Å². The Hall–Kier alpha value is -2.02. The summed E-state index contributed by atoms with van der Waals surface area (Å²) in [7, 11) is 0. The highest BCUT2D eigenvalue weighted by molar-refractivity contribution is 6.07. The van der Waals surface area contributed by atoms with Crippen LogP contribution >= 0.6 is 0 Å². The molecule has 0 amide bonds. The molecule has 20 heavy (non-hydrogen) atoms. The predicted octanol–water partition coefficient (Wildman–Crippen LogP) is 4.73. The van der Waals surface area contributed by atoms with Gasteiger partial charge < -0.3 is 4.98 Å². The van der Waals surface area contributed by atoms with E-state index in [0.29, 0.717) is 0 Å². The van der Waals surface area contributed by atoms with E-state index in [0.717, 1.165) is 11.4 Å². The van der Waals surface area contributed by atoms with E-state index in [4.69, 9.17) is 0 Å². The first-order chi connectivity index (χ1) is 9.84. The second-order valence-corrected chi connectivity index (χ2v) is 6.35. The Labute approximate surface area is 118 Å². The van der Waals surface area contributed by atoms with E-state index < -0.39 is 0 Å². The number of nitrogens with one attached hydrogen (secondary N) is 1. The molecule has 1 fully saturated rings. The van der Waals surface area contributed by atoms with E-state index in [-0.39, 0.29) is 5.41 Å². The van der Waals surface area contributed by atoms with E-state index in [1.54, 1.807) is 0 Å². The molecule has 1 heteroatoms. The van der Waals surface area contributed by atoms with Crippen LogP contribution in [0.5, 0.6) is 0 Å². The Balaban J connectivity index is 1.75. The minimum Gasteiger partial charge on any atom is -0.354 e. The fourth-order valence-corrected chi connectivity index (χ4v) is 4.15. The molecular formula is C19H16N. The molecule has 1 saturated carbocycles. The maximum Gasteiger partial charge on any atom is 0.0548 e. The molecular weight excluding hydrogens is 242 g/mol. The fraction of sp³-hybridized carbons (Fsp3) is 0.263. The molecule has 2 aliphatic rings. The maximum absolute atomic E-state index is 3.67. The summed E-state index contributed by atoms with van der Waals surface area (Å²) in [4.78, 5) is 3.52. The lowest BCUT2D eigenvalue weighted by Gasteiger charge is -2.23. The Morgan fingerprint density at radius 3 is 2.85 bits per heavy atom. The van der Waals surface area contributed by atoms with Crippen molar-refractivity contribution in [2.75, 3.05) is 0 Å². The predicted molar refractivity (Wildman–Crippen MR) is 82.8 cm³/mol. The van der Waals surface area contributed by atoms with Crippen LogP contribution in [0.4, 0.5) is 0 Å². The Kier molecular flexibility index (Phi) is 1.90. The first-order valence-electron chi connectivity index (χ1n) is 7.47. The second kappa shape index (κ2) is 3.54. The van der Waals surface area contributed by atoms with Crippen molar-refractivity contribution in [3.05, 3.63) is 60.2 Å². The number of hydrogen-bond donors (Lipinski definition) is 1. The summed E-state index contributed by atoms with van der Waals surface area (Å²) in [6.45, 7) is 0. The van der Waals surface area contributed by atoms with Gasteiger partial charge in [0.25, 0.3) is 0 Å². The van der Waals surface area contributed by atoms with Crippen LogP contribution in [0.15, 0.2) is 48.6 Å². The van der Waals surface area contributed by atoms with Gasteiger partial charge in [-0.25, -0.2) is 0 Å². The molecule has 2 aliphatic carbocycles. The summed E-state index contributed by atoms with van der Waals surface area (Å²) in [5.74, 6) is 0.807. The Morgan fingerprint density at radius 1 is 1.10 bits per heavy atom. The van der Waals surface area contributed by atoms with Gasteiger partial charge in [-0.3, -0.25) is 0 Å². The van der Waals surface area contributed by atoms with Crippen LogP contribution < -0.4 is 0 Å². The largest absolute Gasteiger partial charge is 0.354 e. The van der Waals surface area contributed by atoms with Crippen molar-refractivity contribution in [1.29, 1.82) is 0 Å². The maximum atomic E-state index is 3.67. The SMILES string of the molecule is [c]1c(C23C=CC(CC2)C3)ccc2c1[nH]c1ccccc12. The molecule has 2 aromatic carbocycles. The van der Waals surface area contributed by atoms with Crippen LogP contribution in [0.25, 0.3) is 21.8 Å². The van der Waals surface area contributed by atoms with Gasteiger partial charge in [-0.05, 0) is 36.8 Å². The number of aromatic nitrogens is 1. The van der Waals surface area contributed by atoms with Gasteiger partial charge in [0.15, 0.2) is 0 Å². The number of para-hydroxylation sites is 1. The van der Waals surface area contributed by atoms with Crippen molar-refractivity contribution in [2.45, 2.75) is 24.7 Å². The van der Waals surface area contributed by atoms with Crippen molar-refractivity contribution in [3.8, 4) is 0 Å². The van der Waals surface area contributed by atoms with Crippen LogP contribution in [0, 0.1) is 12.0 Å². The van der Waals surface area contributed by atoms with Crippen LogP contribution in [0.1, 0.15) is 24.8 Å². The molecule has 2 bridgehead atoms. The van der Waals surface area contributed by atoms with Crippen LogP contribution in [0.2, 0.25) is 0 Å². The average Bonchev–Trinajstić information content (AvgIpc) is 3.19. The molecule has 1 nitrogen and oxygen atoms in total. The van der Waals surface area contributed by atoms with E-state index in [9.17, 15) is 0 Å². The zero-order valence-corrected chi connectivity index (χ0v) is 11.3. The average molecular weight is 258 g/mol. The summed E-state index contributed by atoms with van der Waals surface area (Å²) in [5, 5.41) is 2.59. The van der Waals surface area contributed by atoms with E-state index in [1.165, 1.54) is 41.1 Å². The summed E-state index contributed by atoms with van der Waals surface area (Å²) >= 11 is 0. The lowest BCUT2D eigenvalue weighted by Crippen LogP contribution is -2.17. The highest BCUT2D eigenvalue weighted by Crippen LogP contribution is 2.51. The van der Waals surface area contributed by atoms with Crippen molar-refractivity contribution in [2.24, 2.45) is 5.92 Å². The lowest BCUT2D eigenvalue weighted by atomic mass is 9.80. The van der Waals surface area contributed by atoms with Crippen molar-refractivity contribution < 1.29 is 0 Å². The standard InChI is InChI=1S/C19H16N/c1-2-4-17-15(3-1)16-6-5-14(11-18(16)20-17)19-9-7-13(12-19)8-10-19/h1-7,9,13,20H,8,10,12H2. The topological polar surface area (TPSA) is 15.8 Å². The van der Waals surface area contributed by atoms with E-state index in [1.807, 2.05) is 0 Å². The fourth-order valence-electron chi connectivity index (χ4n) is 4.15. The van der Waals surface area contributed by atoms with Crippen LogP contribution in [-0.2, 0) is 5.41 Å².